The highest BCUT2D eigenvalue weighted by molar-refractivity contribution is 9.10. The zero-order valence-electron chi connectivity index (χ0n) is 12.9. The van der Waals surface area contributed by atoms with Gasteiger partial charge in [-0.2, -0.15) is 0 Å². The first-order chi connectivity index (χ1) is 12.0. The van der Waals surface area contributed by atoms with E-state index in [0.717, 1.165) is 27.7 Å². The van der Waals surface area contributed by atoms with E-state index in [0.29, 0.717) is 29.3 Å². The minimum Gasteiger partial charge on any atom is -0.361 e. The first-order valence-electron chi connectivity index (χ1n) is 7.83. The van der Waals surface area contributed by atoms with Crippen LogP contribution in [-0.2, 0) is 6.42 Å². The van der Waals surface area contributed by atoms with Crippen molar-refractivity contribution in [2.45, 2.75) is 24.8 Å². The Morgan fingerprint density at radius 2 is 1.92 bits per heavy atom. The second kappa shape index (κ2) is 5.91. The van der Waals surface area contributed by atoms with Crippen molar-refractivity contribution in [1.29, 1.82) is 0 Å². The Balaban J connectivity index is 1.97. The van der Waals surface area contributed by atoms with E-state index in [1.807, 2.05) is 18.2 Å². The molecule has 1 aliphatic carbocycles. The zero-order valence-corrected chi connectivity index (χ0v) is 14.5. The molecule has 0 radical (unpaired) electrons. The lowest BCUT2D eigenvalue weighted by molar-refractivity contribution is -0.526. The summed E-state index contributed by atoms with van der Waals surface area (Å²) in [5, 5.41) is 12.1. The highest BCUT2D eigenvalue weighted by Crippen LogP contribution is 2.42. The van der Waals surface area contributed by atoms with Crippen LogP contribution in [0.3, 0.4) is 0 Å². The molecule has 0 amide bonds. The molecule has 1 aliphatic rings. The van der Waals surface area contributed by atoms with Crippen molar-refractivity contribution in [3.63, 3.8) is 0 Å². The molecule has 0 aliphatic heterocycles. The van der Waals surface area contributed by atoms with Crippen LogP contribution in [0.5, 0.6) is 0 Å². The SMILES string of the molecule is O=[N+]([O-])[C@H]1CCc2ccc(Br)cc2[C@@H]1c1c[nH]c2cc(F)c(F)cc12. The molecule has 0 saturated heterocycles. The summed E-state index contributed by atoms with van der Waals surface area (Å²) in [5.74, 6) is -2.43. The predicted molar refractivity (Wildman–Crippen MR) is 93.3 cm³/mol. The van der Waals surface area contributed by atoms with Gasteiger partial charge in [-0.1, -0.05) is 22.0 Å². The number of aromatic nitrogens is 1. The number of rotatable bonds is 2. The molecule has 2 atom stereocenters. The quantitative estimate of drug-likeness (QED) is 0.484. The van der Waals surface area contributed by atoms with Gasteiger partial charge >= 0.3 is 0 Å². The number of benzene rings is 2. The minimum atomic E-state index is -0.962. The van der Waals surface area contributed by atoms with Crippen molar-refractivity contribution in [3.05, 3.63) is 79.4 Å². The monoisotopic (exact) mass is 406 g/mol. The highest BCUT2D eigenvalue weighted by Gasteiger charge is 2.40. The third kappa shape index (κ3) is 2.63. The maximum atomic E-state index is 13.8. The number of H-pyrrole nitrogens is 1. The van der Waals surface area contributed by atoms with Crippen molar-refractivity contribution in [3.8, 4) is 0 Å². The van der Waals surface area contributed by atoms with Crippen LogP contribution in [0.15, 0.2) is 41.0 Å². The second-order valence-corrected chi connectivity index (χ2v) is 7.18. The summed E-state index contributed by atoms with van der Waals surface area (Å²) < 4.78 is 28.1. The smallest absolute Gasteiger partial charge is 0.224 e. The second-order valence-electron chi connectivity index (χ2n) is 6.27. The summed E-state index contributed by atoms with van der Waals surface area (Å²) in [6.07, 6.45) is 2.65. The first kappa shape index (κ1) is 16.2. The van der Waals surface area contributed by atoms with Crippen molar-refractivity contribution in [2.24, 2.45) is 0 Å². The van der Waals surface area contributed by atoms with Crippen LogP contribution in [0.1, 0.15) is 29.0 Å². The number of nitrogens with zero attached hydrogens (tertiary/aromatic N) is 1. The predicted octanol–water partition coefficient (Wildman–Crippen LogP) is 4.93. The van der Waals surface area contributed by atoms with E-state index >= 15 is 0 Å². The van der Waals surface area contributed by atoms with Gasteiger partial charge < -0.3 is 4.98 Å². The van der Waals surface area contributed by atoms with E-state index in [-0.39, 0.29) is 4.92 Å². The van der Waals surface area contributed by atoms with Gasteiger partial charge in [-0.05, 0) is 41.3 Å². The lowest BCUT2D eigenvalue weighted by Crippen LogP contribution is -2.33. The Hall–Kier alpha value is -2.28. The van der Waals surface area contributed by atoms with Crippen LogP contribution in [0.2, 0.25) is 0 Å². The van der Waals surface area contributed by atoms with Crippen molar-refractivity contribution in [1.82, 2.24) is 4.98 Å². The number of aromatic amines is 1. The summed E-state index contributed by atoms with van der Waals surface area (Å²) in [5.41, 5.74) is 2.95. The van der Waals surface area contributed by atoms with E-state index in [1.54, 1.807) is 6.20 Å². The summed E-state index contributed by atoms with van der Waals surface area (Å²) in [4.78, 5) is 14.3. The third-order valence-electron chi connectivity index (χ3n) is 4.90. The molecule has 0 fully saturated rings. The molecule has 0 bridgehead atoms. The van der Waals surface area contributed by atoms with Crippen LogP contribution < -0.4 is 0 Å². The molecule has 128 valence electrons. The van der Waals surface area contributed by atoms with Crippen molar-refractivity contribution < 1.29 is 13.7 Å². The molecule has 1 N–H and O–H groups in total. The molecule has 0 unspecified atom stereocenters. The highest BCUT2D eigenvalue weighted by atomic mass is 79.9. The van der Waals surface area contributed by atoms with Gasteiger partial charge in [-0.3, -0.25) is 10.1 Å². The maximum absolute atomic E-state index is 13.8. The topological polar surface area (TPSA) is 58.9 Å². The molecule has 7 heteroatoms. The maximum Gasteiger partial charge on any atom is 0.224 e. The van der Waals surface area contributed by atoms with Crippen molar-refractivity contribution >= 4 is 26.8 Å². The summed E-state index contributed by atoms with van der Waals surface area (Å²) in [7, 11) is 0. The molecule has 1 aromatic heterocycles. The molecule has 0 spiro atoms. The summed E-state index contributed by atoms with van der Waals surface area (Å²) in [6.45, 7) is 0. The number of hydrogen-bond acceptors (Lipinski definition) is 2. The molecule has 3 aromatic rings. The Labute approximate surface area is 150 Å². The van der Waals surface area contributed by atoms with E-state index in [4.69, 9.17) is 0 Å². The number of nitro groups is 1. The largest absolute Gasteiger partial charge is 0.361 e. The van der Waals surface area contributed by atoms with E-state index in [2.05, 4.69) is 20.9 Å². The molecular weight excluding hydrogens is 394 g/mol. The van der Waals surface area contributed by atoms with E-state index in [9.17, 15) is 18.9 Å². The minimum absolute atomic E-state index is 0.271. The van der Waals surface area contributed by atoms with Crippen LogP contribution in [-0.4, -0.2) is 15.9 Å². The number of aryl methyl sites for hydroxylation is 1. The molecular formula is C18H13BrF2N2O2. The Bertz CT molecular complexity index is 1000. The normalized spacial score (nSPS) is 19.8. The Morgan fingerprint density at radius 1 is 1.16 bits per heavy atom. The fourth-order valence-corrected chi connectivity index (χ4v) is 4.14. The van der Waals surface area contributed by atoms with Gasteiger partial charge in [-0.25, -0.2) is 8.78 Å². The van der Waals surface area contributed by atoms with Crippen LogP contribution in [0.4, 0.5) is 8.78 Å². The van der Waals surface area contributed by atoms with Gasteiger partial charge in [0.15, 0.2) is 11.6 Å². The van der Waals surface area contributed by atoms with Crippen LogP contribution in [0, 0.1) is 21.7 Å². The van der Waals surface area contributed by atoms with Gasteiger partial charge in [0.1, 0.15) is 0 Å². The van der Waals surface area contributed by atoms with E-state index in [1.165, 1.54) is 0 Å². The average molecular weight is 407 g/mol. The third-order valence-corrected chi connectivity index (χ3v) is 5.39. The van der Waals surface area contributed by atoms with Gasteiger partial charge in [0.2, 0.25) is 6.04 Å². The Morgan fingerprint density at radius 3 is 2.68 bits per heavy atom. The fourth-order valence-electron chi connectivity index (χ4n) is 3.76. The Kier molecular flexibility index (Phi) is 3.83. The number of fused-ring (bicyclic) bond motifs is 2. The van der Waals surface area contributed by atoms with Crippen molar-refractivity contribution in [2.75, 3.05) is 0 Å². The number of halogens is 3. The lowest BCUT2D eigenvalue weighted by Gasteiger charge is -2.28. The van der Waals surface area contributed by atoms with Gasteiger partial charge in [-0.15, -0.1) is 0 Å². The molecule has 4 rings (SSSR count). The number of nitrogens with one attached hydrogen (secondary N) is 1. The van der Waals surface area contributed by atoms with Crippen LogP contribution >= 0.6 is 15.9 Å². The average Bonchev–Trinajstić information content (AvgIpc) is 2.96. The molecule has 2 aromatic carbocycles. The molecule has 4 nitrogen and oxygen atoms in total. The molecule has 0 saturated carbocycles. The summed E-state index contributed by atoms with van der Waals surface area (Å²) >= 11 is 3.42. The lowest BCUT2D eigenvalue weighted by atomic mass is 9.76. The first-order valence-corrected chi connectivity index (χ1v) is 8.63. The van der Waals surface area contributed by atoms with Gasteiger partial charge in [0, 0.05) is 39.0 Å². The molecule has 25 heavy (non-hydrogen) atoms. The van der Waals surface area contributed by atoms with Gasteiger partial charge in [0.05, 0.1) is 5.92 Å². The fraction of sp³-hybridized carbons (Fsp3) is 0.222. The van der Waals surface area contributed by atoms with Crippen LogP contribution in [0.25, 0.3) is 10.9 Å². The molecule has 1 heterocycles. The van der Waals surface area contributed by atoms with Gasteiger partial charge in [0.25, 0.3) is 0 Å². The standard InChI is InChI=1S/C18H13BrF2N2O2/c19-10-3-1-9-2-4-17(23(24)25)18(11(9)5-10)13-8-22-16-7-15(21)14(20)6-12(13)16/h1,3,5-8,17-18,22H,2,4H2/t17-,18+/m0/s1. The van der Waals surface area contributed by atoms with E-state index < -0.39 is 23.6 Å². The summed E-state index contributed by atoms with van der Waals surface area (Å²) in [6, 6.07) is 7.13. The zero-order chi connectivity index (χ0) is 17.7. The number of hydrogen-bond donors (Lipinski definition) is 1.